The van der Waals surface area contributed by atoms with E-state index in [4.69, 9.17) is 4.52 Å². The van der Waals surface area contributed by atoms with Crippen molar-refractivity contribution in [2.45, 2.75) is 38.1 Å². The highest BCUT2D eigenvalue weighted by Gasteiger charge is 2.32. The number of pyridine rings is 1. The molecule has 0 aliphatic heterocycles. The highest BCUT2D eigenvalue weighted by molar-refractivity contribution is 5.49. The molecule has 2 aromatic heterocycles. The molecule has 1 saturated carbocycles. The molecule has 3 rings (SSSR count). The standard InChI is InChI=1S/C14H18N4O/c1-9-6-7-16-12(8-9)13-17-14(19-18-13)10-4-3-5-11(10)15-2/h6-8,10-11,15H,3-5H2,1-2H3. The summed E-state index contributed by atoms with van der Waals surface area (Å²) in [5.74, 6) is 1.65. The van der Waals surface area contributed by atoms with E-state index in [1.54, 1.807) is 6.20 Å². The summed E-state index contributed by atoms with van der Waals surface area (Å²) >= 11 is 0. The summed E-state index contributed by atoms with van der Waals surface area (Å²) in [7, 11) is 1.99. The number of nitrogens with zero attached hydrogens (tertiary/aromatic N) is 3. The highest BCUT2D eigenvalue weighted by Crippen LogP contribution is 2.34. The zero-order valence-corrected chi connectivity index (χ0v) is 11.3. The van der Waals surface area contributed by atoms with Crippen LogP contribution in [0.3, 0.4) is 0 Å². The molecule has 2 unspecified atom stereocenters. The Morgan fingerprint density at radius 1 is 1.37 bits per heavy atom. The molecule has 0 aromatic carbocycles. The molecule has 0 amide bonds. The molecule has 2 aromatic rings. The molecule has 1 N–H and O–H groups in total. The van der Waals surface area contributed by atoms with Crippen molar-refractivity contribution in [1.29, 1.82) is 0 Å². The van der Waals surface area contributed by atoms with Crippen molar-refractivity contribution < 1.29 is 4.52 Å². The Morgan fingerprint density at radius 3 is 3.05 bits per heavy atom. The first-order valence-electron chi connectivity index (χ1n) is 6.72. The minimum absolute atomic E-state index is 0.330. The van der Waals surface area contributed by atoms with Crippen LogP contribution < -0.4 is 5.32 Å². The molecule has 0 bridgehead atoms. The van der Waals surface area contributed by atoms with Crippen LogP contribution in [0.1, 0.15) is 36.6 Å². The van der Waals surface area contributed by atoms with Gasteiger partial charge in [-0.3, -0.25) is 4.98 Å². The van der Waals surface area contributed by atoms with Crippen LogP contribution >= 0.6 is 0 Å². The van der Waals surface area contributed by atoms with Gasteiger partial charge in [0.2, 0.25) is 11.7 Å². The van der Waals surface area contributed by atoms with Crippen LogP contribution in [0.15, 0.2) is 22.9 Å². The highest BCUT2D eigenvalue weighted by atomic mass is 16.5. The van der Waals surface area contributed by atoms with Crippen molar-refractivity contribution in [2.24, 2.45) is 0 Å². The van der Waals surface area contributed by atoms with Crippen LogP contribution in [0.5, 0.6) is 0 Å². The second kappa shape index (κ2) is 5.09. The average molecular weight is 258 g/mol. The largest absolute Gasteiger partial charge is 0.339 e. The summed E-state index contributed by atoms with van der Waals surface area (Å²) in [5, 5.41) is 7.39. The Bertz CT molecular complexity index is 566. The third kappa shape index (κ3) is 2.38. The maximum Gasteiger partial charge on any atom is 0.231 e. The molecule has 5 heteroatoms. The molecule has 0 spiro atoms. The van der Waals surface area contributed by atoms with Crippen LogP contribution in [0, 0.1) is 6.92 Å². The molecule has 1 aliphatic rings. The monoisotopic (exact) mass is 258 g/mol. The van der Waals surface area contributed by atoms with Gasteiger partial charge in [0.25, 0.3) is 0 Å². The van der Waals surface area contributed by atoms with Crippen molar-refractivity contribution in [3.63, 3.8) is 0 Å². The van der Waals surface area contributed by atoms with Crippen LogP contribution in [-0.4, -0.2) is 28.2 Å². The molecule has 19 heavy (non-hydrogen) atoms. The van der Waals surface area contributed by atoms with E-state index in [9.17, 15) is 0 Å². The van der Waals surface area contributed by atoms with Crippen molar-refractivity contribution in [2.75, 3.05) is 7.05 Å². The molecule has 0 radical (unpaired) electrons. The van der Waals surface area contributed by atoms with E-state index in [-0.39, 0.29) is 0 Å². The number of rotatable bonds is 3. The molecular formula is C14H18N4O. The van der Waals surface area contributed by atoms with Gasteiger partial charge in [-0.1, -0.05) is 11.6 Å². The minimum atomic E-state index is 0.330. The molecule has 2 atom stereocenters. The first-order chi connectivity index (χ1) is 9.28. The van der Waals surface area contributed by atoms with E-state index < -0.39 is 0 Å². The van der Waals surface area contributed by atoms with Crippen molar-refractivity contribution in [3.05, 3.63) is 29.8 Å². The fourth-order valence-corrected chi connectivity index (χ4v) is 2.75. The number of nitrogens with one attached hydrogen (secondary N) is 1. The molecule has 5 nitrogen and oxygen atoms in total. The average Bonchev–Trinajstić information content (AvgIpc) is 3.07. The Hall–Kier alpha value is -1.75. The molecule has 1 fully saturated rings. The van der Waals surface area contributed by atoms with Gasteiger partial charge in [0.15, 0.2) is 0 Å². The van der Waals surface area contributed by atoms with Crippen LogP contribution in [0.2, 0.25) is 0 Å². The first-order valence-corrected chi connectivity index (χ1v) is 6.72. The van der Waals surface area contributed by atoms with Crippen molar-refractivity contribution >= 4 is 0 Å². The predicted molar refractivity (Wildman–Crippen MR) is 71.7 cm³/mol. The molecule has 0 saturated heterocycles. The summed E-state index contributed by atoms with van der Waals surface area (Å²) in [6.45, 7) is 2.03. The lowest BCUT2D eigenvalue weighted by molar-refractivity contribution is 0.335. The van der Waals surface area contributed by atoms with Gasteiger partial charge in [-0.15, -0.1) is 0 Å². The van der Waals surface area contributed by atoms with Gasteiger partial charge in [0, 0.05) is 12.2 Å². The predicted octanol–water partition coefficient (Wildman–Crippen LogP) is 2.30. The van der Waals surface area contributed by atoms with Crippen molar-refractivity contribution in [3.8, 4) is 11.5 Å². The normalized spacial score (nSPS) is 22.8. The number of hydrogen-bond acceptors (Lipinski definition) is 5. The van der Waals surface area contributed by atoms with E-state index in [0.29, 0.717) is 17.8 Å². The van der Waals surface area contributed by atoms with Gasteiger partial charge in [-0.2, -0.15) is 4.98 Å². The smallest absolute Gasteiger partial charge is 0.231 e. The lowest BCUT2D eigenvalue weighted by Crippen LogP contribution is -2.27. The van der Waals surface area contributed by atoms with Gasteiger partial charge in [0.05, 0.1) is 5.92 Å². The number of likely N-dealkylation sites (N-methyl/N-ethyl adjacent to an activating group) is 1. The van der Waals surface area contributed by atoms with E-state index in [2.05, 4.69) is 20.4 Å². The molecular weight excluding hydrogens is 240 g/mol. The molecule has 1 aliphatic carbocycles. The number of aromatic nitrogens is 3. The fourth-order valence-electron chi connectivity index (χ4n) is 2.75. The van der Waals surface area contributed by atoms with Crippen LogP contribution in [-0.2, 0) is 0 Å². The first kappa shape index (κ1) is 12.3. The van der Waals surface area contributed by atoms with Crippen LogP contribution in [0.4, 0.5) is 0 Å². The Morgan fingerprint density at radius 2 is 2.26 bits per heavy atom. The third-order valence-electron chi connectivity index (χ3n) is 3.79. The zero-order chi connectivity index (χ0) is 13.2. The summed E-state index contributed by atoms with van der Waals surface area (Å²) in [4.78, 5) is 8.81. The van der Waals surface area contributed by atoms with E-state index in [1.165, 1.54) is 12.8 Å². The maximum absolute atomic E-state index is 5.43. The minimum Gasteiger partial charge on any atom is -0.339 e. The van der Waals surface area contributed by atoms with Gasteiger partial charge in [0.1, 0.15) is 5.69 Å². The van der Waals surface area contributed by atoms with Gasteiger partial charge in [-0.05, 0) is 44.5 Å². The number of aryl methyl sites for hydroxylation is 1. The Labute approximate surface area is 112 Å². The second-order valence-corrected chi connectivity index (χ2v) is 5.11. The number of hydrogen-bond donors (Lipinski definition) is 1. The quantitative estimate of drug-likeness (QED) is 0.915. The lowest BCUT2D eigenvalue weighted by Gasteiger charge is -2.14. The third-order valence-corrected chi connectivity index (χ3v) is 3.79. The zero-order valence-electron chi connectivity index (χ0n) is 11.3. The lowest BCUT2D eigenvalue weighted by atomic mass is 10.0. The summed E-state index contributed by atoms with van der Waals surface area (Å²) in [6, 6.07) is 4.37. The van der Waals surface area contributed by atoms with E-state index in [0.717, 1.165) is 23.6 Å². The molecule has 100 valence electrons. The van der Waals surface area contributed by atoms with Crippen molar-refractivity contribution in [1.82, 2.24) is 20.4 Å². The Balaban J connectivity index is 1.87. The summed E-state index contributed by atoms with van der Waals surface area (Å²) in [6.07, 6.45) is 5.25. The SMILES string of the molecule is CNC1CCCC1c1nc(-c2cc(C)ccn2)no1. The summed E-state index contributed by atoms with van der Waals surface area (Å²) < 4.78 is 5.43. The second-order valence-electron chi connectivity index (χ2n) is 5.11. The summed E-state index contributed by atoms with van der Waals surface area (Å²) in [5.41, 5.74) is 1.92. The van der Waals surface area contributed by atoms with Crippen LogP contribution in [0.25, 0.3) is 11.5 Å². The van der Waals surface area contributed by atoms with E-state index in [1.807, 2.05) is 26.1 Å². The fraction of sp³-hybridized carbons (Fsp3) is 0.500. The molecule has 2 heterocycles. The topological polar surface area (TPSA) is 63.8 Å². The van der Waals surface area contributed by atoms with Gasteiger partial charge < -0.3 is 9.84 Å². The Kier molecular flexibility index (Phi) is 3.29. The maximum atomic E-state index is 5.43. The van der Waals surface area contributed by atoms with Gasteiger partial charge >= 0.3 is 0 Å². The van der Waals surface area contributed by atoms with E-state index >= 15 is 0 Å². The van der Waals surface area contributed by atoms with Gasteiger partial charge in [-0.25, -0.2) is 0 Å².